The highest BCUT2D eigenvalue weighted by molar-refractivity contribution is 7.12. The summed E-state index contributed by atoms with van der Waals surface area (Å²) < 4.78 is 0. The molecule has 0 aliphatic heterocycles. The Balaban J connectivity index is 1.54. The van der Waals surface area contributed by atoms with Gasteiger partial charge in [-0.3, -0.25) is 9.59 Å². The van der Waals surface area contributed by atoms with Gasteiger partial charge in [-0.25, -0.2) is 0 Å². The fraction of sp³-hybridized carbons (Fsp3) is 0.217. The van der Waals surface area contributed by atoms with Crippen LogP contribution in [-0.2, 0) is 0 Å². The lowest BCUT2D eigenvalue weighted by Crippen LogP contribution is -2.30. The fourth-order valence-electron chi connectivity index (χ4n) is 3.06. The van der Waals surface area contributed by atoms with Crippen LogP contribution in [-0.4, -0.2) is 31.4 Å². The van der Waals surface area contributed by atoms with Crippen LogP contribution >= 0.6 is 11.3 Å². The molecule has 0 aliphatic carbocycles. The van der Waals surface area contributed by atoms with Crippen LogP contribution in [0.15, 0.2) is 72.1 Å². The van der Waals surface area contributed by atoms with E-state index in [2.05, 4.69) is 34.6 Å². The van der Waals surface area contributed by atoms with E-state index in [0.29, 0.717) is 22.7 Å². The van der Waals surface area contributed by atoms with E-state index in [-0.39, 0.29) is 11.8 Å². The number of hydrogen-bond donors (Lipinski definition) is 2. The van der Waals surface area contributed by atoms with E-state index in [9.17, 15) is 9.59 Å². The Bertz CT molecular complexity index is 926. The smallest absolute Gasteiger partial charge is 0.265 e. The first-order chi connectivity index (χ1) is 14.2. The van der Waals surface area contributed by atoms with Gasteiger partial charge >= 0.3 is 0 Å². The number of rotatable bonds is 9. The molecule has 0 unspecified atom stereocenters. The summed E-state index contributed by atoms with van der Waals surface area (Å²) in [6.45, 7) is 4.46. The second-order valence-corrected chi connectivity index (χ2v) is 7.45. The molecule has 6 heteroatoms. The molecule has 3 rings (SSSR count). The summed E-state index contributed by atoms with van der Waals surface area (Å²) in [5, 5.41) is 7.65. The normalized spacial score (nSPS) is 10.4. The Kier molecular flexibility index (Phi) is 7.41. The molecule has 0 saturated carbocycles. The lowest BCUT2D eigenvalue weighted by Gasteiger charge is -2.23. The Morgan fingerprint density at radius 1 is 0.931 bits per heavy atom. The Morgan fingerprint density at radius 2 is 1.69 bits per heavy atom. The quantitative estimate of drug-likeness (QED) is 0.508. The summed E-state index contributed by atoms with van der Waals surface area (Å²) in [6, 6.07) is 20.9. The molecular formula is C23H25N3O2S. The van der Waals surface area contributed by atoms with E-state index in [1.54, 1.807) is 30.3 Å². The number of thiophene rings is 1. The van der Waals surface area contributed by atoms with Crippen LogP contribution in [0.2, 0.25) is 0 Å². The van der Waals surface area contributed by atoms with E-state index >= 15 is 0 Å². The molecule has 0 atom stereocenters. The number of carbonyl (C=O) groups is 2. The first-order valence-corrected chi connectivity index (χ1v) is 10.6. The molecule has 0 bridgehead atoms. The number of nitrogens with zero attached hydrogens (tertiary/aromatic N) is 1. The molecule has 29 heavy (non-hydrogen) atoms. The number of carbonyl (C=O) groups excluding carboxylic acids is 2. The zero-order valence-electron chi connectivity index (χ0n) is 16.4. The highest BCUT2D eigenvalue weighted by Gasteiger charge is 2.14. The number of para-hydroxylation sites is 2. The van der Waals surface area contributed by atoms with Gasteiger partial charge < -0.3 is 15.5 Å². The van der Waals surface area contributed by atoms with Gasteiger partial charge in [0.2, 0.25) is 0 Å². The van der Waals surface area contributed by atoms with Gasteiger partial charge in [-0.05, 0) is 49.1 Å². The molecule has 150 valence electrons. The van der Waals surface area contributed by atoms with Crippen molar-refractivity contribution in [2.45, 2.75) is 13.3 Å². The number of benzene rings is 2. The van der Waals surface area contributed by atoms with Gasteiger partial charge in [0, 0.05) is 25.3 Å². The van der Waals surface area contributed by atoms with Crippen molar-refractivity contribution in [3.63, 3.8) is 0 Å². The molecule has 0 radical (unpaired) electrons. The summed E-state index contributed by atoms with van der Waals surface area (Å²) in [7, 11) is 0. The third-order valence-electron chi connectivity index (χ3n) is 4.56. The Labute approximate surface area is 175 Å². The molecule has 2 N–H and O–H groups in total. The molecule has 1 aromatic heterocycles. The van der Waals surface area contributed by atoms with Crippen LogP contribution in [0.1, 0.15) is 33.4 Å². The maximum Gasteiger partial charge on any atom is 0.265 e. The van der Waals surface area contributed by atoms with E-state index in [1.165, 1.54) is 17.0 Å². The van der Waals surface area contributed by atoms with Crippen LogP contribution in [0.4, 0.5) is 11.4 Å². The molecule has 2 amide bonds. The van der Waals surface area contributed by atoms with Gasteiger partial charge in [-0.15, -0.1) is 11.3 Å². The average molecular weight is 408 g/mol. The Hall–Kier alpha value is -3.12. The van der Waals surface area contributed by atoms with Crippen LogP contribution < -0.4 is 15.5 Å². The summed E-state index contributed by atoms with van der Waals surface area (Å²) in [4.78, 5) is 27.9. The molecule has 0 aliphatic rings. The lowest BCUT2D eigenvalue weighted by molar-refractivity contribution is 0.0954. The molecule has 1 heterocycles. The van der Waals surface area contributed by atoms with Crippen LogP contribution in [0, 0.1) is 0 Å². The molecule has 0 saturated heterocycles. The monoisotopic (exact) mass is 407 g/mol. The van der Waals surface area contributed by atoms with E-state index in [0.717, 1.165) is 19.5 Å². The predicted molar refractivity (Wildman–Crippen MR) is 120 cm³/mol. The number of amides is 2. The minimum atomic E-state index is -0.207. The van der Waals surface area contributed by atoms with Gasteiger partial charge in [-0.1, -0.05) is 36.4 Å². The van der Waals surface area contributed by atoms with Gasteiger partial charge in [0.1, 0.15) is 0 Å². The van der Waals surface area contributed by atoms with E-state index in [1.807, 2.05) is 29.6 Å². The number of hydrogen-bond acceptors (Lipinski definition) is 4. The van der Waals surface area contributed by atoms with Crippen molar-refractivity contribution in [2.24, 2.45) is 0 Å². The van der Waals surface area contributed by atoms with Crippen molar-refractivity contribution in [1.29, 1.82) is 0 Å². The van der Waals surface area contributed by atoms with Gasteiger partial charge in [0.25, 0.3) is 11.8 Å². The second-order valence-electron chi connectivity index (χ2n) is 6.50. The van der Waals surface area contributed by atoms with Gasteiger partial charge in [-0.2, -0.15) is 0 Å². The molecule has 0 fully saturated rings. The third kappa shape index (κ3) is 5.68. The van der Waals surface area contributed by atoms with Crippen molar-refractivity contribution in [1.82, 2.24) is 5.32 Å². The molecule has 2 aromatic carbocycles. The topological polar surface area (TPSA) is 61.4 Å². The first-order valence-electron chi connectivity index (χ1n) is 9.71. The maximum absolute atomic E-state index is 12.6. The summed E-state index contributed by atoms with van der Waals surface area (Å²) in [6.07, 6.45) is 0.832. The molecule has 3 aromatic rings. The van der Waals surface area contributed by atoms with Crippen molar-refractivity contribution in [3.8, 4) is 0 Å². The van der Waals surface area contributed by atoms with Crippen molar-refractivity contribution in [2.75, 3.05) is 29.9 Å². The molecular weight excluding hydrogens is 382 g/mol. The summed E-state index contributed by atoms with van der Waals surface area (Å²) in [5.74, 6) is -0.392. The fourth-order valence-corrected chi connectivity index (χ4v) is 3.68. The Morgan fingerprint density at radius 3 is 2.41 bits per heavy atom. The van der Waals surface area contributed by atoms with Gasteiger partial charge in [0.05, 0.1) is 16.1 Å². The van der Waals surface area contributed by atoms with Crippen molar-refractivity contribution in [3.05, 3.63) is 82.6 Å². The lowest BCUT2D eigenvalue weighted by atomic mass is 10.1. The zero-order chi connectivity index (χ0) is 20.5. The number of anilines is 2. The van der Waals surface area contributed by atoms with Crippen molar-refractivity contribution < 1.29 is 9.59 Å². The molecule has 0 spiro atoms. The van der Waals surface area contributed by atoms with Crippen LogP contribution in [0.25, 0.3) is 0 Å². The summed E-state index contributed by atoms with van der Waals surface area (Å²) in [5.41, 5.74) is 2.17. The van der Waals surface area contributed by atoms with Crippen LogP contribution in [0.3, 0.4) is 0 Å². The highest BCUT2D eigenvalue weighted by Crippen LogP contribution is 2.18. The average Bonchev–Trinajstić information content (AvgIpc) is 3.30. The van der Waals surface area contributed by atoms with E-state index in [4.69, 9.17) is 0 Å². The highest BCUT2D eigenvalue weighted by atomic mass is 32.1. The van der Waals surface area contributed by atoms with Crippen LogP contribution in [0.5, 0.6) is 0 Å². The zero-order valence-corrected chi connectivity index (χ0v) is 17.2. The molecule has 5 nitrogen and oxygen atoms in total. The SMILES string of the molecule is CCN(CCCNC(=O)c1ccccc1NC(=O)c1cccs1)c1ccccc1. The maximum atomic E-state index is 12.6. The van der Waals surface area contributed by atoms with E-state index < -0.39 is 0 Å². The second kappa shape index (κ2) is 10.4. The number of nitrogens with one attached hydrogen (secondary N) is 2. The minimum absolute atomic E-state index is 0.185. The van der Waals surface area contributed by atoms with Crippen molar-refractivity contribution >= 4 is 34.5 Å². The largest absolute Gasteiger partial charge is 0.372 e. The third-order valence-corrected chi connectivity index (χ3v) is 5.43. The predicted octanol–water partition coefficient (Wildman–Crippen LogP) is 4.65. The first kappa shape index (κ1) is 20.6. The summed E-state index contributed by atoms with van der Waals surface area (Å²) >= 11 is 1.37. The van der Waals surface area contributed by atoms with Gasteiger partial charge in [0.15, 0.2) is 0 Å². The minimum Gasteiger partial charge on any atom is -0.372 e. The standard InChI is InChI=1S/C23H25N3O2S/c1-2-26(18-10-4-3-5-11-18)16-9-15-24-22(27)19-12-6-7-13-20(19)25-23(28)21-14-8-17-29-21/h3-8,10-14,17H,2,9,15-16H2,1H3,(H,24,27)(H,25,28).